The monoisotopic (exact) mass is 211 g/mol. The van der Waals surface area contributed by atoms with Crippen LogP contribution in [0.1, 0.15) is 0 Å². The van der Waals surface area contributed by atoms with Crippen LogP contribution in [0.4, 0.5) is 0 Å². The minimum Gasteiger partial charge on any atom is -0.516 e. The summed E-state index contributed by atoms with van der Waals surface area (Å²) in [6, 6.07) is 16.8. The molecular formula is C14H13NO. The summed E-state index contributed by atoms with van der Waals surface area (Å²) in [4.78, 5) is 3.38. The maximum absolute atomic E-state index is 7.33. The Labute approximate surface area is 93.8 Å². The summed E-state index contributed by atoms with van der Waals surface area (Å²) in [5, 5.41) is 9.94. The zero-order valence-electron chi connectivity index (χ0n) is 8.85. The number of nitrogens with one attached hydrogen (secondary N) is 1. The molecule has 0 spiro atoms. The van der Waals surface area contributed by atoms with Crippen LogP contribution in [0.5, 0.6) is 0 Å². The first-order valence-corrected chi connectivity index (χ1v) is 5.07. The fourth-order valence-corrected chi connectivity index (χ4v) is 1.80. The highest BCUT2D eigenvalue weighted by Gasteiger charge is 2.00. The predicted molar refractivity (Wildman–Crippen MR) is 68.6 cm³/mol. The first-order chi connectivity index (χ1) is 7.86. The Kier molecular flexibility index (Phi) is 2.92. The van der Waals surface area contributed by atoms with E-state index in [-0.39, 0.29) is 0 Å². The lowest BCUT2D eigenvalue weighted by atomic mass is 10.2. The van der Waals surface area contributed by atoms with Gasteiger partial charge in [0.2, 0.25) is 0 Å². The standard InChI is InChI=1S/C12H9N.C2H4O/c1-3-7-11-9(5-1)10-6-2-4-8-12(10)13-11;1-2-3/h1-8,13H;2-3H,1H2. The normalized spacial score (nSPS) is 9.75. The SMILES string of the molecule is C=CO.c1ccc2c(c1)[nH]c1ccccc12. The first kappa shape index (κ1) is 10.3. The second-order valence-electron chi connectivity index (χ2n) is 3.40. The minimum absolute atomic E-state index is 0.750. The third-order valence-electron chi connectivity index (χ3n) is 2.41. The maximum atomic E-state index is 7.33. The van der Waals surface area contributed by atoms with E-state index in [9.17, 15) is 0 Å². The van der Waals surface area contributed by atoms with Gasteiger partial charge in [0.15, 0.2) is 0 Å². The van der Waals surface area contributed by atoms with E-state index in [0.29, 0.717) is 0 Å². The predicted octanol–water partition coefficient (Wildman–Crippen LogP) is 4.01. The van der Waals surface area contributed by atoms with E-state index >= 15 is 0 Å². The second-order valence-corrected chi connectivity index (χ2v) is 3.40. The third-order valence-corrected chi connectivity index (χ3v) is 2.41. The molecule has 0 radical (unpaired) electrons. The number of aliphatic hydroxyl groups is 1. The average molecular weight is 211 g/mol. The van der Waals surface area contributed by atoms with Gasteiger partial charge in [0.25, 0.3) is 0 Å². The van der Waals surface area contributed by atoms with Crippen molar-refractivity contribution in [1.29, 1.82) is 0 Å². The van der Waals surface area contributed by atoms with Crippen molar-refractivity contribution in [2.45, 2.75) is 0 Å². The van der Waals surface area contributed by atoms with Crippen LogP contribution in [0.25, 0.3) is 21.8 Å². The number of H-pyrrole nitrogens is 1. The number of aromatic nitrogens is 1. The summed E-state index contributed by atoms with van der Waals surface area (Å²) >= 11 is 0. The number of hydrogen-bond acceptors (Lipinski definition) is 1. The molecule has 1 heterocycles. The Morgan fingerprint density at radius 2 is 1.25 bits per heavy atom. The van der Waals surface area contributed by atoms with E-state index in [1.54, 1.807) is 0 Å². The van der Waals surface area contributed by atoms with Crippen LogP contribution in [0.15, 0.2) is 61.4 Å². The Balaban J connectivity index is 0.000000292. The molecule has 0 saturated heterocycles. The molecule has 3 rings (SSSR count). The molecule has 1 aromatic heterocycles. The van der Waals surface area contributed by atoms with E-state index in [1.807, 2.05) is 0 Å². The lowest BCUT2D eigenvalue weighted by molar-refractivity contribution is 0.476. The Hall–Kier alpha value is -2.22. The number of benzene rings is 2. The molecule has 3 aromatic rings. The summed E-state index contributed by atoms with van der Waals surface area (Å²) in [7, 11) is 0. The molecular weight excluding hydrogens is 198 g/mol. The summed E-state index contributed by atoms with van der Waals surface area (Å²) in [5.74, 6) is 0. The minimum atomic E-state index is 0.750. The van der Waals surface area contributed by atoms with E-state index in [2.05, 4.69) is 60.1 Å². The molecule has 2 nitrogen and oxygen atoms in total. The quantitative estimate of drug-likeness (QED) is 0.541. The Morgan fingerprint density at radius 1 is 0.875 bits per heavy atom. The number of aromatic amines is 1. The van der Waals surface area contributed by atoms with Crippen LogP contribution in [0, 0.1) is 0 Å². The number of rotatable bonds is 0. The summed E-state index contributed by atoms with van der Waals surface area (Å²) in [5.41, 5.74) is 2.42. The van der Waals surface area contributed by atoms with Crippen LogP contribution < -0.4 is 0 Å². The van der Waals surface area contributed by atoms with Crippen molar-refractivity contribution in [3.63, 3.8) is 0 Å². The van der Waals surface area contributed by atoms with Gasteiger partial charge in [-0.15, -0.1) is 0 Å². The van der Waals surface area contributed by atoms with Gasteiger partial charge in [0, 0.05) is 21.8 Å². The zero-order valence-corrected chi connectivity index (χ0v) is 8.85. The highest BCUT2D eigenvalue weighted by Crippen LogP contribution is 2.24. The van der Waals surface area contributed by atoms with Crippen LogP contribution >= 0.6 is 0 Å². The second kappa shape index (κ2) is 4.53. The lowest BCUT2D eigenvalue weighted by Crippen LogP contribution is -1.62. The van der Waals surface area contributed by atoms with Gasteiger partial charge in [-0.05, 0) is 12.1 Å². The lowest BCUT2D eigenvalue weighted by Gasteiger charge is -1.87. The molecule has 80 valence electrons. The smallest absolute Gasteiger partial charge is 0.0719 e. The molecule has 2 heteroatoms. The van der Waals surface area contributed by atoms with Gasteiger partial charge in [0.1, 0.15) is 0 Å². The van der Waals surface area contributed by atoms with Gasteiger partial charge in [-0.3, -0.25) is 0 Å². The fourth-order valence-electron chi connectivity index (χ4n) is 1.80. The van der Waals surface area contributed by atoms with Gasteiger partial charge in [-0.25, -0.2) is 0 Å². The van der Waals surface area contributed by atoms with Crippen molar-refractivity contribution in [3.8, 4) is 0 Å². The molecule has 0 aliphatic rings. The average Bonchev–Trinajstić information content (AvgIpc) is 2.68. The van der Waals surface area contributed by atoms with E-state index in [4.69, 9.17) is 5.11 Å². The summed E-state index contributed by atoms with van der Waals surface area (Å²) < 4.78 is 0. The van der Waals surface area contributed by atoms with Crippen molar-refractivity contribution in [2.75, 3.05) is 0 Å². The highest BCUT2D eigenvalue weighted by molar-refractivity contribution is 6.06. The van der Waals surface area contributed by atoms with Gasteiger partial charge in [0.05, 0.1) is 6.26 Å². The molecule has 0 bridgehead atoms. The molecule has 16 heavy (non-hydrogen) atoms. The number of para-hydroxylation sites is 2. The van der Waals surface area contributed by atoms with Crippen LogP contribution in [0.3, 0.4) is 0 Å². The topological polar surface area (TPSA) is 36.0 Å². The van der Waals surface area contributed by atoms with Gasteiger partial charge in [-0.1, -0.05) is 43.0 Å². The largest absolute Gasteiger partial charge is 0.516 e. The zero-order chi connectivity index (χ0) is 11.4. The molecule has 0 unspecified atom stereocenters. The Morgan fingerprint density at radius 3 is 1.69 bits per heavy atom. The Bertz CT molecular complexity index is 560. The highest BCUT2D eigenvalue weighted by atomic mass is 16.2. The third kappa shape index (κ3) is 1.77. The van der Waals surface area contributed by atoms with Crippen molar-refractivity contribution < 1.29 is 5.11 Å². The first-order valence-electron chi connectivity index (χ1n) is 5.07. The molecule has 2 N–H and O–H groups in total. The van der Waals surface area contributed by atoms with Gasteiger partial charge in [-0.2, -0.15) is 0 Å². The fraction of sp³-hybridized carbons (Fsp3) is 0. The maximum Gasteiger partial charge on any atom is 0.0719 e. The van der Waals surface area contributed by atoms with Crippen molar-refractivity contribution >= 4 is 21.8 Å². The van der Waals surface area contributed by atoms with Crippen LogP contribution in [-0.4, -0.2) is 10.1 Å². The molecule has 0 fully saturated rings. The molecule has 2 aromatic carbocycles. The molecule has 0 aliphatic carbocycles. The van der Waals surface area contributed by atoms with Gasteiger partial charge < -0.3 is 10.1 Å². The molecule has 0 atom stereocenters. The number of hydrogen-bond donors (Lipinski definition) is 2. The van der Waals surface area contributed by atoms with Gasteiger partial charge >= 0.3 is 0 Å². The van der Waals surface area contributed by atoms with Crippen LogP contribution in [0.2, 0.25) is 0 Å². The summed E-state index contributed by atoms with van der Waals surface area (Å²) in [6.45, 7) is 2.92. The van der Waals surface area contributed by atoms with Crippen molar-refractivity contribution in [3.05, 3.63) is 61.4 Å². The van der Waals surface area contributed by atoms with Crippen molar-refractivity contribution in [2.24, 2.45) is 0 Å². The van der Waals surface area contributed by atoms with E-state index in [1.165, 1.54) is 21.8 Å². The van der Waals surface area contributed by atoms with E-state index in [0.717, 1.165) is 6.26 Å². The number of fused-ring (bicyclic) bond motifs is 3. The molecule has 0 saturated carbocycles. The molecule has 0 amide bonds. The van der Waals surface area contributed by atoms with E-state index < -0.39 is 0 Å². The summed E-state index contributed by atoms with van der Waals surface area (Å²) in [6.07, 6.45) is 0.750. The molecule has 0 aliphatic heterocycles. The van der Waals surface area contributed by atoms with Crippen LogP contribution in [-0.2, 0) is 0 Å². The van der Waals surface area contributed by atoms with Crippen molar-refractivity contribution in [1.82, 2.24) is 4.98 Å². The number of aliphatic hydroxyl groups excluding tert-OH is 1.